The molecule has 12 nitrogen and oxygen atoms in total. The molecular weight excluding hydrogens is 396 g/mol. The van der Waals surface area contributed by atoms with Crippen molar-refractivity contribution in [2.24, 2.45) is 11.5 Å². The number of ether oxygens (including phenoxy) is 1. The Labute approximate surface area is 163 Å². The third-order valence-corrected chi connectivity index (χ3v) is 5.53. The lowest BCUT2D eigenvalue weighted by atomic mass is 10.0. The number of rotatable bonds is 9. The minimum atomic E-state index is -1.35. The molecular formula is C15H20N4O8S. The number of amides is 3. The zero-order valence-corrected chi connectivity index (χ0v) is 15.4. The van der Waals surface area contributed by atoms with Crippen LogP contribution in [0.2, 0.25) is 0 Å². The monoisotopic (exact) mass is 416 g/mol. The van der Waals surface area contributed by atoms with Gasteiger partial charge in [-0.3, -0.25) is 19.3 Å². The summed E-state index contributed by atoms with van der Waals surface area (Å²) in [7, 11) is 0. The predicted molar refractivity (Wildman–Crippen MR) is 94.7 cm³/mol. The van der Waals surface area contributed by atoms with Crippen LogP contribution >= 0.6 is 11.8 Å². The molecule has 0 aromatic heterocycles. The van der Waals surface area contributed by atoms with Gasteiger partial charge in [-0.05, 0) is 12.8 Å². The van der Waals surface area contributed by atoms with Crippen LogP contribution in [0.15, 0.2) is 11.3 Å². The topological polar surface area (TPSA) is 202 Å². The van der Waals surface area contributed by atoms with Gasteiger partial charge >= 0.3 is 18.0 Å². The van der Waals surface area contributed by atoms with Gasteiger partial charge in [0, 0.05) is 17.7 Å². The summed E-state index contributed by atoms with van der Waals surface area (Å²) >= 11 is 1.22. The summed E-state index contributed by atoms with van der Waals surface area (Å²) in [6.07, 6.45) is -0.731. The van der Waals surface area contributed by atoms with Crippen molar-refractivity contribution in [2.45, 2.75) is 36.7 Å². The molecule has 0 bridgehead atoms. The molecule has 2 heterocycles. The summed E-state index contributed by atoms with van der Waals surface area (Å²) in [5.41, 5.74) is 10.2. The number of hydrogen-bond acceptors (Lipinski definition) is 8. The molecule has 0 saturated carbocycles. The summed E-state index contributed by atoms with van der Waals surface area (Å²) < 4.78 is 4.62. The van der Waals surface area contributed by atoms with Gasteiger partial charge in [-0.15, -0.1) is 11.8 Å². The van der Waals surface area contributed by atoms with E-state index in [1.165, 1.54) is 11.8 Å². The average molecular weight is 416 g/mol. The van der Waals surface area contributed by atoms with Crippen LogP contribution in [0.25, 0.3) is 0 Å². The van der Waals surface area contributed by atoms with E-state index in [-0.39, 0.29) is 42.9 Å². The molecule has 2 unspecified atom stereocenters. The molecule has 28 heavy (non-hydrogen) atoms. The van der Waals surface area contributed by atoms with Crippen LogP contribution in [0.3, 0.4) is 0 Å². The van der Waals surface area contributed by atoms with Crippen molar-refractivity contribution in [1.82, 2.24) is 10.2 Å². The Hall–Kier alpha value is -2.80. The number of aliphatic carboxylic acids is 2. The second kappa shape index (κ2) is 8.93. The highest BCUT2D eigenvalue weighted by Gasteiger charge is 2.54. The SMILES string of the molecule is NC(=O)OCC1=C(C(=O)O)N2C(=O)C(NC(=O)CCCC(N)C(=O)O)[C@H]2SC1. The Balaban J connectivity index is 1.96. The van der Waals surface area contributed by atoms with Crippen LogP contribution in [0.4, 0.5) is 4.79 Å². The van der Waals surface area contributed by atoms with Crippen molar-refractivity contribution >= 4 is 41.6 Å². The molecule has 3 amide bonds. The van der Waals surface area contributed by atoms with Gasteiger partial charge in [-0.2, -0.15) is 0 Å². The highest BCUT2D eigenvalue weighted by atomic mass is 32.2. The van der Waals surface area contributed by atoms with Crippen LogP contribution in [-0.4, -0.2) is 74.8 Å². The first-order valence-corrected chi connectivity index (χ1v) is 9.28. The lowest BCUT2D eigenvalue weighted by molar-refractivity contribution is -0.150. The van der Waals surface area contributed by atoms with Crippen LogP contribution in [0.1, 0.15) is 19.3 Å². The van der Waals surface area contributed by atoms with Gasteiger partial charge in [-0.1, -0.05) is 0 Å². The highest BCUT2D eigenvalue weighted by Crippen LogP contribution is 2.40. The molecule has 1 fully saturated rings. The molecule has 0 aromatic carbocycles. The Morgan fingerprint density at radius 3 is 2.57 bits per heavy atom. The van der Waals surface area contributed by atoms with Crippen LogP contribution in [0, 0.1) is 0 Å². The van der Waals surface area contributed by atoms with Crippen molar-refractivity contribution in [3.05, 3.63) is 11.3 Å². The molecule has 2 aliphatic rings. The lowest BCUT2D eigenvalue weighted by Crippen LogP contribution is -2.70. The molecule has 1 saturated heterocycles. The molecule has 3 atom stereocenters. The molecule has 0 radical (unpaired) electrons. The van der Waals surface area contributed by atoms with Crippen molar-refractivity contribution < 1.29 is 38.9 Å². The van der Waals surface area contributed by atoms with E-state index < -0.39 is 47.3 Å². The number of carboxylic acid groups (broad SMARTS) is 2. The standard InChI is InChI=1S/C15H20N4O8S/c16-7(13(22)23)2-1-3-8(20)18-9-11(21)19-10(14(24)25)6(4-27-15(17)26)5-28-12(9)19/h7,9,12H,1-5,16H2,(H2,17,26)(H,18,20)(H,22,23)(H,24,25)/t7?,9?,12-/m1/s1. The van der Waals surface area contributed by atoms with E-state index in [4.69, 9.17) is 16.6 Å². The van der Waals surface area contributed by atoms with E-state index in [1.807, 2.05) is 0 Å². The number of thioether (sulfide) groups is 1. The highest BCUT2D eigenvalue weighted by molar-refractivity contribution is 8.00. The largest absolute Gasteiger partial charge is 0.480 e. The number of fused-ring (bicyclic) bond motifs is 1. The fraction of sp³-hybridized carbons (Fsp3) is 0.533. The van der Waals surface area contributed by atoms with Crippen molar-refractivity contribution in [3.63, 3.8) is 0 Å². The van der Waals surface area contributed by atoms with E-state index in [1.54, 1.807) is 0 Å². The van der Waals surface area contributed by atoms with Gasteiger partial charge in [0.25, 0.3) is 5.91 Å². The predicted octanol–water partition coefficient (Wildman–Crippen LogP) is -1.60. The minimum absolute atomic E-state index is 0.0124. The summed E-state index contributed by atoms with van der Waals surface area (Å²) in [5.74, 6) is -3.38. The summed E-state index contributed by atoms with van der Waals surface area (Å²) in [5, 5.41) is 20.0. The van der Waals surface area contributed by atoms with Crippen LogP contribution in [0.5, 0.6) is 0 Å². The molecule has 7 N–H and O–H groups in total. The maximum absolute atomic E-state index is 12.4. The van der Waals surface area contributed by atoms with Gasteiger partial charge in [-0.25, -0.2) is 9.59 Å². The van der Waals surface area contributed by atoms with E-state index in [0.29, 0.717) is 0 Å². The number of hydrogen-bond donors (Lipinski definition) is 5. The Bertz CT molecular complexity index is 740. The summed E-state index contributed by atoms with van der Waals surface area (Å²) in [4.78, 5) is 58.3. The third kappa shape index (κ3) is 4.72. The minimum Gasteiger partial charge on any atom is -0.480 e. The average Bonchev–Trinajstić information content (AvgIpc) is 2.62. The lowest BCUT2D eigenvalue weighted by Gasteiger charge is -2.49. The second-order valence-electron chi connectivity index (χ2n) is 6.16. The Morgan fingerprint density at radius 1 is 1.32 bits per heavy atom. The molecule has 0 spiro atoms. The normalized spacial score (nSPS) is 22.0. The molecule has 2 rings (SSSR count). The first-order chi connectivity index (χ1) is 13.1. The quantitative estimate of drug-likeness (QED) is 0.272. The van der Waals surface area contributed by atoms with Gasteiger partial charge in [0.1, 0.15) is 29.8 Å². The fourth-order valence-corrected chi connectivity index (χ4v) is 4.13. The number of nitrogens with one attached hydrogen (secondary N) is 1. The van der Waals surface area contributed by atoms with E-state index in [2.05, 4.69) is 10.1 Å². The number of carboxylic acids is 2. The van der Waals surface area contributed by atoms with E-state index in [9.17, 15) is 29.1 Å². The number of nitrogens with two attached hydrogens (primary N) is 2. The Kier molecular flexibility index (Phi) is 6.85. The molecule has 2 aliphatic heterocycles. The zero-order valence-electron chi connectivity index (χ0n) is 14.6. The van der Waals surface area contributed by atoms with E-state index in [0.717, 1.165) is 4.90 Å². The van der Waals surface area contributed by atoms with E-state index >= 15 is 0 Å². The van der Waals surface area contributed by atoms with Crippen LogP contribution in [-0.2, 0) is 23.9 Å². The maximum atomic E-state index is 12.4. The molecule has 154 valence electrons. The first-order valence-electron chi connectivity index (χ1n) is 8.23. The number of nitrogens with zero attached hydrogens (tertiary/aromatic N) is 1. The van der Waals surface area contributed by atoms with Crippen molar-refractivity contribution in [3.8, 4) is 0 Å². The van der Waals surface area contributed by atoms with Gasteiger partial charge < -0.3 is 31.7 Å². The summed E-state index contributed by atoms with van der Waals surface area (Å²) in [6, 6.07) is -1.95. The Morgan fingerprint density at radius 2 is 2.00 bits per heavy atom. The fourth-order valence-electron chi connectivity index (χ4n) is 2.80. The van der Waals surface area contributed by atoms with Gasteiger partial charge in [0.15, 0.2) is 0 Å². The maximum Gasteiger partial charge on any atom is 0.404 e. The third-order valence-electron chi connectivity index (χ3n) is 4.19. The number of primary amides is 1. The van der Waals surface area contributed by atoms with Crippen molar-refractivity contribution in [1.29, 1.82) is 0 Å². The smallest absolute Gasteiger partial charge is 0.404 e. The molecule has 13 heteroatoms. The van der Waals surface area contributed by atoms with Gasteiger partial charge in [0.05, 0.1) is 0 Å². The van der Waals surface area contributed by atoms with Crippen molar-refractivity contribution in [2.75, 3.05) is 12.4 Å². The number of β-lactam (4-membered cyclic amide) rings is 1. The molecule has 0 aromatic rings. The summed E-state index contributed by atoms with van der Waals surface area (Å²) in [6.45, 7) is -0.346. The number of carbonyl (C=O) groups is 5. The molecule has 0 aliphatic carbocycles. The first kappa shape index (κ1) is 21.5. The second-order valence-corrected chi connectivity index (χ2v) is 7.26. The van der Waals surface area contributed by atoms with Gasteiger partial charge in [0.2, 0.25) is 5.91 Å². The zero-order chi connectivity index (χ0) is 21.0. The number of carbonyl (C=O) groups excluding carboxylic acids is 3. The van der Waals surface area contributed by atoms with Crippen LogP contribution < -0.4 is 16.8 Å².